The third-order valence-corrected chi connectivity index (χ3v) is 2.57. The Hall–Kier alpha value is -1.22. The number of carbonyl (C=O) groups is 2. The van der Waals surface area contributed by atoms with Crippen LogP contribution in [-0.2, 0) is 28.5 Å². The average molecular weight is 294 g/mol. The summed E-state index contributed by atoms with van der Waals surface area (Å²) < 4.78 is 19.8. The van der Waals surface area contributed by atoms with E-state index < -0.39 is 43.0 Å². The monoisotopic (exact) mass is 294 g/mol. The fourth-order valence-corrected chi connectivity index (χ4v) is 1.73. The van der Waals surface area contributed by atoms with Crippen molar-refractivity contribution in [2.24, 2.45) is 0 Å². The van der Waals surface area contributed by atoms with Crippen molar-refractivity contribution >= 4 is 11.9 Å². The summed E-state index contributed by atoms with van der Waals surface area (Å²) in [7, 11) is 2.64. The molecule has 0 saturated heterocycles. The van der Waals surface area contributed by atoms with Crippen LogP contribution in [0.5, 0.6) is 0 Å². The molecule has 0 saturated carbocycles. The number of carbonyl (C=O) groups excluding carboxylic acids is 2. The third-order valence-electron chi connectivity index (χ3n) is 2.57. The Balaban J connectivity index is 4.84. The van der Waals surface area contributed by atoms with Gasteiger partial charge < -0.3 is 29.2 Å². The van der Waals surface area contributed by atoms with Crippen LogP contribution in [0.4, 0.5) is 0 Å². The lowest BCUT2D eigenvalue weighted by atomic mass is 10.0. The molecule has 0 aromatic rings. The second-order valence-corrected chi connectivity index (χ2v) is 4.10. The van der Waals surface area contributed by atoms with Crippen LogP contribution in [0.1, 0.15) is 13.8 Å². The summed E-state index contributed by atoms with van der Waals surface area (Å²) in [5.41, 5.74) is 0. The standard InChI is InChI=1S/C12H22O8/c1-7(14)19-6-9(16)11(17-3)12(18-4)10(5-13)20-8(2)15/h9-13,16H,5-6H2,1-4H3. The highest BCUT2D eigenvalue weighted by molar-refractivity contribution is 5.66. The lowest BCUT2D eigenvalue weighted by Crippen LogP contribution is -2.51. The second kappa shape index (κ2) is 9.65. The number of esters is 2. The van der Waals surface area contributed by atoms with Crippen molar-refractivity contribution in [1.82, 2.24) is 0 Å². The maximum atomic E-state index is 11.0. The number of aliphatic hydroxyl groups is 2. The van der Waals surface area contributed by atoms with Gasteiger partial charge in [0.25, 0.3) is 0 Å². The lowest BCUT2D eigenvalue weighted by molar-refractivity contribution is -0.180. The topological polar surface area (TPSA) is 112 Å². The second-order valence-electron chi connectivity index (χ2n) is 4.10. The normalized spacial score (nSPS) is 16.9. The van der Waals surface area contributed by atoms with E-state index in [1.165, 1.54) is 28.1 Å². The van der Waals surface area contributed by atoms with E-state index in [-0.39, 0.29) is 6.61 Å². The van der Waals surface area contributed by atoms with Crippen LogP contribution in [0.3, 0.4) is 0 Å². The molecule has 0 fully saturated rings. The molecule has 0 aliphatic rings. The van der Waals surface area contributed by atoms with Crippen LogP contribution in [0.25, 0.3) is 0 Å². The average Bonchev–Trinajstić information content (AvgIpc) is 2.39. The minimum absolute atomic E-state index is 0.300. The van der Waals surface area contributed by atoms with Gasteiger partial charge in [-0.15, -0.1) is 0 Å². The molecule has 0 bridgehead atoms. The van der Waals surface area contributed by atoms with Crippen molar-refractivity contribution in [1.29, 1.82) is 0 Å². The van der Waals surface area contributed by atoms with Gasteiger partial charge in [0.05, 0.1) is 6.61 Å². The van der Waals surface area contributed by atoms with Gasteiger partial charge in [0.1, 0.15) is 24.9 Å². The van der Waals surface area contributed by atoms with Crippen molar-refractivity contribution in [3.05, 3.63) is 0 Å². The summed E-state index contributed by atoms with van der Waals surface area (Å²) in [5, 5.41) is 19.2. The van der Waals surface area contributed by atoms with E-state index in [1.807, 2.05) is 0 Å². The van der Waals surface area contributed by atoms with Crippen LogP contribution < -0.4 is 0 Å². The zero-order valence-electron chi connectivity index (χ0n) is 12.1. The molecule has 20 heavy (non-hydrogen) atoms. The van der Waals surface area contributed by atoms with Gasteiger partial charge in [0.15, 0.2) is 6.10 Å². The first-order valence-corrected chi connectivity index (χ1v) is 6.02. The first-order valence-electron chi connectivity index (χ1n) is 6.02. The molecule has 0 amide bonds. The van der Waals surface area contributed by atoms with Crippen LogP contribution in [0, 0.1) is 0 Å². The van der Waals surface area contributed by atoms with Gasteiger partial charge in [-0.1, -0.05) is 0 Å². The van der Waals surface area contributed by atoms with E-state index in [0.29, 0.717) is 0 Å². The molecule has 0 spiro atoms. The van der Waals surface area contributed by atoms with Gasteiger partial charge in [-0.05, 0) is 0 Å². The quantitative estimate of drug-likeness (QED) is 0.514. The van der Waals surface area contributed by atoms with E-state index in [9.17, 15) is 19.8 Å². The highest BCUT2D eigenvalue weighted by Crippen LogP contribution is 2.15. The van der Waals surface area contributed by atoms with E-state index in [2.05, 4.69) is 4.74 Å². The predicted molar refractivity (Wildman–Crippen MR) is 66.9 cm³/mol. The molecule has 0 aromatic heterocycles. The predicted octanol–water partition coefficient (Wildman–Crippen LogP) is -1.14. The van der Waals surface area contributed by atoms with Crippen molar-refractivity contribution in [2.75, 3.05) is 27.4 Å². The number of hydrogen-bond acceptors (Lipinski definition) is 8. The van der Waals surface area contributed by atoms with E-state index in [4.69, 9.17) is 14.2 Å². The summed E-state index contributed by atoms with van der Waals surface area (Å²) in [6, 6.07) is 0. The van der Waals surface area contributed by atoms with E-state index >= 15 is 0 Å². The largest absolute Gasteiger partial charge is 0.463 e. The van der Waals surface area contributed by atoms with Crippen LogP contribution in [0.15, 0.2) is 0 Å². The molecular formula is C12H22O8. The zero-order chi connectivity index (χ0) is 15.7. The van der Waals surface area contributed by atoms with Crippen molar-refractivity contribution in [2.45, 2.75) is 38.3 Å². The summed E-state index contributed by atoms with van der Waals surface area (Å²) in [4.78, 5) is 21.7. The first-order chi connectivity index (χ1) is 9.37. The Labute approximate surface area is 117 Å². The first kappa shape index (κ1) is 18.8. The molecule has 0 heterocycles. The summed E-state index contributed by atoms with van der Waals surface area (Å²) >= 11 is 0. The van der Waals surface area contributed by atoms with Gasteiger partial charge >= 0.3 is 11.9 Å². The number of rotatable bonds is 9. The molecule has 2 N–H and O–H groups in total. The Kier molecular flexibility index (Phi) is 9.06. The number of aliphatic hydroxyl groups excluding tert-OH is 2. The molecule has 0 aliphatic heterocycles. The Bertz CT molecular complexity index is 306. The van der Waals surface area contributed by atoms with Gasteiger partial charge in [0.2, 0.25) is 0 Å². The molecule has 8 nitrogen and oxygen atoms in total. The fraction of sp³-hybridized carbons (Fsp3) is 0.833. The molecule has 0 aromatic carbocycles. The van der Waals surface area contributed by atoms with Crippen LogP contribution in [0.2, 0.25) is 0 Å². The molecular weight excluding hydrogens is 272 g/mol. The number of ether oxygens (including phenoxy) is 4. The number of methoxy groups -OCH3 is 2. The van der Waals surface area contributed by atoms with Crippen molar-refractivity contribution < 1.29 is 38.7 Å². The molecule has 8 heteroatoms. The van der Waals surface area contributed by atoms with Gasteiger partial charge in [0, 0.05) is 28.1 Å². The van der Waals surface area contributed by atoms with Gasteiger partial charge in [-0.3, -0.25) is 9.59 Å². The number of hydrogen-bond donors (Lipinski definition) is 2. The summed E-state index contributed by atoms with van der Waals surface area (Å²) in [5.74, 6) is -1.15. The van der Waals surface area contributed by atoms with Crippen molar-refractivity contribution in [3.8, 4) is 0 Å². The Morgan fingerprint density at radius 3 is 1.95 bits per heavy atom. The van der Waals surface area contributed by atoms with Gasteiger partial charge in [-0.2, -0.15) is 0 Å². The van der Waals surface area contributed by atoms with Crippen LogP contribution in [-0.4, -0.2) is 74.0 Å². The molecule has 4 unspecified atom stereocenters. The summed E-state index contributed by atoms with van der Waals surface area (Å²) in [6.07, 6.45) is -4.07. The van der Waals surface area contributed by atoms with E-state index in [1.54, 1.807) is 0 Å². The molecule has 118 valence electrons. The maximum absolute atomic E-state index is 11.0. The maximum Gasteiger partial charge on any atom is 0.303 e. The van der Waals surface area contributed by atoms with E-state index in [0.717, 1.165) is 0 Å². The molecule has 0 aliphatic carbocycles. The highest BCUT2D eigenvalue weighted by Gasteiger charge is 2.36. The Morgan fingerprint density at radius 1 is 1.05 bits per heavy atom. The molecule has 0 rings (SSSR count). The SMILES string of the molecule is COC(C(O)COC(C)=O)C(OC)C(CO)OC(C)=O. The van der Waals surface area contributed by atoms with Gasteiger partial charge in [-0.25, -0.2) is 0 Å². The third kappa shape index (κ3) is 6.29. The minimum atomic E-state index is -1.20. The Morgan fingerprint density at radius 2 is 1.60 bits per heavy atom. The smallest absolute Gasteiger partial charge is 0.303 e. The lowest BCUT2D eigenvalue weighted by Gasteiger charge is -2.32. The van der Waals surface area contributed by atoms with Crippen molar-refractivity contribution in [3.63, 3.8) is 0 Å². The molecule has 0 radical (unpaired) electrons. The van der Waals surface area contributed by atoms with Crippen LogP contribution >= 0.6 is 0 Å². The fourth-order valence-electron chi connectivity index (χ4n) is 1.73. The summed E-state index contributed by atoms with van der Waals surface area (Å²) in [6.45, 7) is 1.59. The highest BCUT2D eigenvalue weighted by atomic mass is 16.6. The minimum Gasteiger partial charge on any atom is -0.463 e. The molecule has 4 atom stereocenters. The zero-order valence-corrected chi connectivity index (χ0v) is 12.1.